The standard InChI is InChI=1S/C16H11Cl2FN2/c17-13-6-1-10(7-14(13)18)8-16-20-9-15(21-16)11-2-4-12(19)5-3-11/h1-7,9H,8H2,(H,20,21). The maximum atomic E-state index is 12.9. The van der Waals surface area contributed by atoms with Crippen LogP contribution in [0.3, 0.4) is 0 Å². The second-order valence-electron chi connectivity index (χ2n) is 4.68. The molecule has 0 saturated heterocycles. The van der Waals surface area contributed by atoms with Gasteiger partial charge in [-0.2, -0.15) is 0 Å². The number of imidazole rings is 1. The van der Waals surface area contributed by atoms with Crippen LogP contribution in [0.1, 0.15) is 11.4 Å². The van der Waals surface area contributed by atoms with Crippen molar-refractivity contribution < 1.29 is 4.39 Å². The van der Waals surface area contributed by atoms with Gasteiger partial charge in [0.25, 0.3) is 0 Å². The molecule has 0 unspecified atom stereocenters. The molecule has 0 aliphatic rings. The maximum absolute atomic E-state index is 12.9. The van der Waals surface area contributed by atoms with Crippen LogP contribution >= 0.6 is 23.2 Å². The van der Waals surface area contributed by atoms with E-state index in [-0.39, 0.29) is 5.82 Å². The van der Waals surface area contributed by atoms with E-state index in [4.69, 9.17) is 23.2 Å². The van der Waals surface area contributed by atoms with Crippen molar-refractivity contribution >= 4 is 23.2 Å². The van der Waals surface area contributed by atoms with E-state index in [1.807, 2.05) is 12.1 Å². The Labute approximate surface area is 131 Å². The number of aromatic nitrogens is 2. The van der Waals surface area contributed by atoms with Crippen LogP contribution in [0.5, 0.6) is 0 Å². The number of hydrogen-bond acceptors (Lipinski definition) is 1. The molecule has 2 aromatic carbocycles. The molecule has 106 valence electrons. The molecular weight excluding hydrogens is 310 g/mol. The van der Waals surface area contributed by atoms with Crippen molar-refractivity contribution in [3.8, 4) is 11.3 Å². The Morgan fingerprint density at radius 2 is 1.76 bits per heavy atom. The van der Waals surface area contributed by atoms with Gasteiger partial charge in [0.05, 0.1) is 21.9 Å². The number of H-pyrrole nitrogens is 1. The molecule has 0 saturated carbocycles. The van der Waals surface area contributed by atoms with Gasteiger partial charge in [-0.25, -0.2) is 9.37 Å². The van der Waals surface area contributed by atoms with E-state index in [2.05, 4.69) is 9.97 Å². The SMILES string of the molecule is Fc1ccc(-c2cnc(Cc3ccc(Cl)c(Cl)c3)[nH]2)cc1. The van der Waals surface area contributed by atoms with E-state index in [1.165, 1.54) is 12.1 Å². The van der Waals surface area contributed by atoms with Gasteiger partial charge in [-0.15, -0.1) is 0 Å². The van der Waals surface area contributed by atoms with Gasteiger partial charge in [0.15, 0.2) is 0 Å². The number of nitrogens with one attached hydrogen (secondary N) is 1. The molecule has 0 aliphatic heterocycles. The largest absolute Gasteiger partial charge is 0.342 e. The summed E-state index contributed by atoms with van der Waals surface area (Å²) in [7, 11) is 0. The number of nitrogens with zero attached hydrogens (tertiary/aromatic N) is 1. The summed E-state index contributed by atoms with van der Waals surface area (Å²) in [6, 6.07) is 11.8. The normalized spacial score (nSPS) is 10.8. The van der Waals surface area contributed by atoms with Gasteiger partial charge in [0.1, 0.15) is 11.6 Å². The van der Waals surface area contributed by atoms with Crippen molar-refractivity contribution in [3.63, 3.8) is 0 Å². The summed E-state index contributed by atoms with van der Waals surface area (Å²) in [5.74, 6) is 0.557. The Balaban J connectivity index is 1.81. The van der Waals surface area contributed by atoms with Crippen LogP contribution in [-0.4, -0.2) is 9.97 Å². The molecule has 2 nitrogen and oxygen atoms in total. The van der Waals surface area contributed by atoms with Crippen LogP contribution in [-0.2, 0) is 6.42 Å². The smallest absolute Gasteiger partial charge is 0.123 e. The summed E-state index contributed by atoms with van der Waals surface area (Å²) in [5.41, 5.74) is 2.76. The lowest BCUT2D eigenvalue weighted by Crippen LogP contribution is -1.91. The molecule has 0 amide bonds. The summed E-state index contributed by atoms with van der Waals surface area (Å²) in [4.78, 5) is 7.56. The highest BCUT2D eigenvalue weighted by molar-refractivity contribution is 6.42. The first kappa shape index (κ1) is 14.1. The molecule has 0 radical (unpaired) electrons. The maximum Gasteiger partial charge on any atom is 0.123 e. The second kappa shape index (κ2) is 5.88. The first-order valence-corrected chi connectivity index (χ1v) is 7.11. The number of aromatic amines is 1. The third-order valence-corrected chi connectivity index (χ3v) is 3.88. The highest BCUT2D eigenvalue weighted by atomic mass is 35.5. The fourth-order valence-electron chi connectivity index (χ4n) is 2.07. The first-order valence-electron chi connectivity index (χ1n) is 6.35. The molecule has 21 heavy (non-hydrogen) atoms. The fraction of sp³-hybridized carbons (Fsp3) is 0.0625. The van der Waals surface area contributed by atoms with E-state index in [1.54, 1.807) is 24.4 Å². The van der Waals surface area contributed by atoms with E-state index in [0.717, 1.165) is 22.6 Å². The van der Waals surface area contributed by atoms with E-state index >= 15 is 0 Å². The van der Waals surface area contributed by atoms with Gasteiger partial charge < -0.3 is 4.98 Å². The zero-order valence-electron chi connectivity index (χ0n) is 10.9. The predicted molar refractivity (Wildman–Crippen MR) is 83.2 cm³/mol. The van der Waals surface area contributed by atoms with Crippen LogP contribution in [0.15, 0.2) is 48.7 Å². The molecule has 1 N–H and O–H groups in total. The van der Waals surface area contributed by atoms with Crippen LogP contribution in [0.25, 0.3) is 11.3 Å². The Kier molecular flexibility index (Phi) is 3.95. The molecule has 0 spiro atoms. The quantitative estimate of drug-likeness (QED) is 0.713. The molecule has 0 atom stereocenters. The third kappa shape index (κ3) is 3.26. The fourth-order valence-corrected chi connectivity index (χ4v) is 2.39. The van der Waals surface area contributed by atoms with Gasteiger partial charge in [0, 0.05) is 6.42 Å². The Hall–Kier alpha value is -1.84. The monoisotopic (exact) mass is 320 g/mol. The molecule has 1 heterocycles. The van der Waals surface area contributed by atoms with Crippen molar-refractivity contribution in [1.82, 2.24) is 9.97 Å². The minimum absolute atomic E-state index is 0.255. The third-order valence-electron chi connectivity index (χ3n) is 3.14. The molecule has 0 fully saturated rings. The van der Waals surface area contributed by atoms with Crippen molar-refractivity contribution in [2.24, 2.45) is 0 Å². The predicted octanol–water partition coefficient (Wildman–Crippen LogP) is 5.11. The van der Waals surface area contributed by atoms with Crippen molar-refractivity contribution in [3.05, 3.63) is 75.9 Å². The number of halogens is 3. The van der Waals surface area contributed by atoms with Crippen LogP contribution in [0.2, 0.25) is 10.0 Å². The molecule has 0 aliphatic carbocycles. The summed E-state index contributed by atoms with van der Waals surface area (Å²) in [6.45, 7) is 0. The highest BCUT2D eigenvalue weighted by Crippen LogP contribution is 2.24. The van der Waals surface area contributed by atoms with Crippen LogP contribution in [0.4, 0.5) is 4.39 Å². The summed E-state index contributed by atoms with van der Waals surface area (Å²) in [5, 5.41) is 1.06. The lowest BCUT2D eigenvalue weighted by atomic mass is 10.1. The first-order chi connectivity index (χ1) is 10.1. The second-order valence-corrected chi connectivity index (χ2v) is 5.49. The molecule has 1 aromatic heterocycles. The van der Waals surface area contributed by atoms with Gasteiger partial charge >= 0.3 is 0 Å². The topological polar surface area (TPSA) is 28.7 Å². The number of benzene rings is 2. The average molecular weight is 321 g/mol. The minimum Gasteiger partial charge on any atom is -0.342 e. The minimum atomic E-state index is -0.255. The Bertz CT molecular complexity index is 766. The van der Waals surface area contributed by atoms with Crippen LogP contribution in [0, 0.1) is 5.82 Å². The lowest BCUT2D eigenvalue weighted by molar-refractivity contribution is 0.628. The van der Waals surface area contributed by atoms with Gasteiger partial charge in [-0.05, 0) is 47.5 Å². The lowest BCUT2D eigenvalue weighted by Gasteiger charge is -2.01. The van der Waals surface area contributed by atoms with E-state index in [9.17, 15) is 4.39 Å². The zero-order valence-corrected chi connectivity index (χ0v) is 12.4. The van der Waals surface area contributed by atoms with Gasteiger partial charge in [-0.1, -0.05) is 29.3 Å². The molecule has 5 heteroatoms. The van der Waals surface area contributed by atoms with Crippen LogP contribution < -0.4 is 0 Å². The molecule has 0 bridgehead atoms. The number of hydrogen-bond donors (Lipinski definition) is 1. The van der Waals surface area contributed by atoms with E-state index in [0.29, 0.717) is 16.5 Å². The summed E-state index contributed by atoms with van der Waals surface area (Å²) in [6.07, 6.45) is 2.36. The Morgan fingerprint density at radius 1 is 1.00 bits per heavy atom. The molecule has 3 aromatic rings. The Morgan fingerprint density at radius 3 is 2.48 bits per heavy atom. The van der Waals surface area contributed by atoms with Crippen molar-refractivity contribution in [2.75, 3.05) is 0 Å². The highest BCUT2D eigenvalue weighted by Gasteiger charge is 2.06. The van der Waals surface area contributed by atoms with Gasteiger partial charge in [0.2, 0.25) is 0 Å². The average Bonchev–Trinajstić information content (AvgIpc) is 2.92. The summed E-state index contributed by atoms with van der Waals surface area (Å²) >= 11 is 11.9. The molecule has 3 rings (SSSR count). The van der Waals surface area contributed by atoms with Crippen molar-refractivity contribution in [1.29, 1.82) is 0 Å². The van der Waals surface area contributed by atoms with E-state index < -0.39 is 0 Å². The summed E-state index contributed by atoms with van der Waals surface area (Å²) < 4.78 is 12.9. The molecular formula is C16H11Cl2FN2. The van der Waals surface area contributed by atoms with Gasteiger partial charge in [-0.3, -0.25) is 0 Å². The van der Waals surface area contributed by atoms with Crippen molar-refractivity contribution in [2.45, 2.75) is 6.42 Å². The zero-order chi connectivity index (χ0) is 14.8. The number of rotatable bonds is 3.